The maximum Gasteiger partial charge on any atom is 0.231 e. The zero-order chi connectivity index (χ0) is 20.0. The van der Waals surface area contributed by atoms with Crippen molar-refractivity contribution in [1.82, 2.24) is 24.6 Å². The van der Waals surface area contributed by atoms with Crippen molar-refractivity contribution < 1.29 is 4.79 Å². The summed E-state index contributed by atoms with van der Waals surface area (Å²) in [6.07, 6.45) is 2.09. The highest BCUT2D eigenvalue weighted by atomic mass is 35.5. The van der Waals surface area contributed by atoms with E-state index in [0.717, 1.165) is 74.6 Å². The van der Waals surface area contributed by atoms with Crippen LogP contribution in [0, 0.1) is 10.8 Å². The molecule has 0 N–H and O–H groups in total. The van der Waals surface area contributed by atoms with Crippen molar-refractivity contribution >= 4 is 23.5 Å². The minimum atomic E-state index is -0.0631. The van der Waals surface area contributed by atoms with Gasteiger partial charge in [0.05, 0.1) is 12.2 Å². The lowest BCUT2D eigenvalue weighted by Gasteiger charge is -2.60. The fraction of sp³-hybridized carbons (Fsp3) is 0.571. The van der Waals surface area contributed by atoms with E-state index in [4.69, 9.17) is 11.6 Å². The smallest absolute Gasteiger partial charge is 0.231 e. The van der Waals surface area contributed by atoms with Crippen LogP contribution in [0.1, 0.15) is 31.2 Å². The number of benzene rings is 1. The Kier molecular flexibility index (Phi) is 3.50. The van der Waals surface area contributed by atoms with Crippen LogP contribution >= 0.6 is 11.6 Å². The average molecular weight is 413 g/mol. The van der Waals surface area contributed by atoms with Crippen LogP contribution in [-0.4, -0.2) is 63.7 Å². The molecule has 0 bridgehead atoms. The average Bonchev–Trinajstić information content (AvgIpc) is 3.27. The number of nitrogens with zero attached hydrogens (tertiary/aromatic N) is 6. The molecule has 1 spiro atoms. The van der Waals surface area contributed by atoms with Gasteiger partial charge in [0.15, 0.2) is 5.82 Å². The molecule has 2 saturated heterocycles. The number of carbonyl (C=O) groups excluding carboxylic acids is 1. The van der Waals surface area contributed by atoms with Crippen molar-refractivity contribution in [2.24, 2.45) is 10.8 Å². The van der Waals surface area contributed by atoms with E-state index in [1.807, 2.05) is 12.1 Å². The molecule has 4 aliphatic rings. The van der Waals surface area contributed by atoms with Gasteiger partial charge in [-0.15, -0.1) is 10.2 Å². The highest BCUT2D eigenvalue weighted by Gasteiger charge is 2.58. The number of fused-ring (bicyclic) bond motifs is 3. The second kappa shape index (κ2) is 5.73. The Bertz CT molecular complexity index is 1010. The van der Waals surface area contributed by atoms with Crippen molar-refractivity contribution in [2.75, 3.05) is 38.1 Å². The Morgan fingerprint density at radius 2 is 1.86 bits per heavy atom. The number of amides is 1. The molecule has 0 radical (unpaired) electrons. The lowest BCUT2D eigenvalue weighted by Crippen LogP contribution is -2.73. The van der Waals surface area contributed by atoms with Crippen molar-refractivity contribution in [3.63, 3.8) is 0 Å². The molecular weight excluding hydrogens is 388 g/mol. The molecule has 3 fully saturated rings. The first-order chi connectivity index (χ1) is 13.9. The molecular formula is C21H25ClN6O. The van der Waals surface area contributed by atoms with Gasteiger partial charge < -0.3 is 9.80 Å². The molecule has 1 saturated carbocycles. The highest BCUT2D eigenvalue weighted by Crippen LogP contribution is 2.50. The summed E-state index contributed by atoms with van der Waals surface area (Å²) in [7, 11) is 2.09. The van der Waals surface area contributed by atoms with Gasteiger partial charge in [-0.2, -0.15) is 0 Å². The Labute approximate surface area is 175 Å². The maximum absolute atomic E-state index is 12.5. The molecule has 3 aliphatic heterocycles. The van der Waals surface area contributed by atoms with Crippen molar-refractivity contribution in [3.05, 3.63) is 34.6 Å². The van der Waals surface area contributed by atoms with Crippen LogP contribution < -0.4 is 4.90 Å². The molecule has 1 aromatic heterocycles. The number of aromatic nitrogens is 3. The topological polar surface area (TPSA) is 57.5 Å². The molecule has 4 heterocycles. The quantitative estimate of drug-likeness (QED) is 0.757. The summed E-state index contributed by atoms with van der Waals surface area (Å²) in [5.74, 6) is 2.21. The molecule has 2 aromatic rings. The van der Waals surface area contributed by atoms with Crippen LogP contribution in [0.25, 0.3) is 5.69 Å². The monoisotopic (exact) mass is 412 g/mol. The molecule has 7 nitrogen and oxygen atoms in total. The number of carbonyl (C=O) groups is 1. The van der Waals surface area contributed by atoms with Crippen molar-refractivity contribution in [3.8, 4) is 5.69 Å². The van der Waals surface area contributed by atoms with Crippen LogP contribution in [0.4, 0.5) is 5.95 Å². The highest BCUT2D eigenvalue weighted by molar-refractivity contribution is 6.30. The van der Waals surface area contributed by atoms with Crippen LogP contribution in [0.15, 0.2) is 18.2 Å². The zero-order valence-corrected chi connectivity index (χ0v) is 17.6. The molecule has 8 heteroatoms. The van der Waals surface area contributed by atoms with Crippen LogP contribution in [0.3, 0.4) is 0 Å². The first kappa shape index (κ1) is 17.7. The lowest BCUT2D eigenvalue weighted by molar-refractivity contribution is -0.150. The van der Waals surface area contributed by atoms with Crippen LogP contribution in [0.2, 0.25) is 5.02 Å². The van der Waals surface area contributed by atoms with Crippen molar-refractivity contribution in [1.29, 1.82) is 0 Å². The first-order valence-electron chi connectivity index (χ1n) is 10.3. The van der Waals surface area contributed by atoms with E-state index < -0.39 is 0 Å². The number of hydrogen-bond donors (Lipinski definition) is 0. The summed E-state index contributed by atoms with van der Waals surface area (Å²) in [5.41, 5.74) is 2.47. The number of likely N-dealkylation sites (tertiary alicyclic amines) is 1. The second-order valence-electron chi connectivity index (χ2n) is 9.77. The lowest BCUT2D eigenvalue weighted by atomic mass is 9.72. The number of rotatable bonds is 2. The van der Waals surface area contributed by atoms with Gasteiger partial charge in [-0.25, -0.2) is 0 Å². The number of hydrogen-bond acceptors (Lipinski definition) is 5. The standard InChI is InChI=1S/C21H25ClN6O/c1-20(5-6-20)18(29)26-10-21(11-26)12-27(13-21)19-24-23-17-9-25(2)8-14-7-15(22)3-4-16(14)28(17)19/h3-4,7H,5-6,8-13H2,1-2H3. The molecule has 152 valence electrons. The SMILES string of the molecule is CN1Cc2cc(Cl)ccc2-n2c(nnc2N2CC3(CN(C(=O)C4(C)CC4)C3)C2)C1. The van der Waals surface area contributed by atoms with Gasteiger partial charge in [0, 0.05) is 48.6 Å². The van der Waals surface area contributed by atoms with Gasteiger partial charge >= 0.3 is 0 Å². The maximum atomic E-state index is 12.5. The summed E-state index contributed by atoms with van der Waals surface area (Å²) in [4.78, 5) is 19.1. The van der Waals surface area contributed by atoms with Gasteiger partial charge in [-0.1, -0.05) is 18.5 Å². The van der Waals surface area contributed by atoms with Crippen molar-refractivity contribution in [2.45, 2.75) is 32.9 Å². The minimum absolute atomic E-state index is 0.0631. The van der Waals surface area contributed by atoms with E-state index in [2.05, 4.69) is 49.5 Å². The van der Waals surface area contributed by atoms with Gasteiger partial charge in [0.2, 0.25) is 11.9 Å². The van der Waals surface area contributed by atoms with E-state index in [1.54, 1.807) is 0 Å². The molecule has 1 aliphatic carbocycles. The predicted octanol–water partition coefficient (Wildman–Crippen LogP) is 2.31. The zero-order valence-electron chi connectivity index (χ0n) is 16.9. The summed E-state index contributed by atoms with van der Waals surface area (Å²) in [6.45, 7) is 7.31. The van der Waals surface area contributed by atoms with E-state index in [-0.39, 0.29) is 10.8 Å². The molecule has 0 unspecified atom stereocenters. The van der Waals surface area contributed by atoms with Gasteiger partial charge in [0.1, 0.15) is 0 Å². The summed E-state index contributed by atoms with van der Waals surface area (Å²) in [5, 5.41) is 9.79. The number of halogens is 1. The third-order valence-electron chi connectivity index (χ3n) is 7.04. The normalized spacial score (nSPS) is 23.7. The predicted molar refractivity (Wildman–Crippen MR) is 110 cm³/mol. The Hall–Kier alpha value is -2.12. The Morgan fingerprint density at radius 1 is 1.10 bits per heavy atom. The van der Waals surface area contributed by atoms with E-state index in [1.165, 1.54) is 5.56 Å². The van der Waals surface area contributed by atoms with Gasteiger partial charge in [-0.3, -0.25) is 14.3 Å². The second-order valence-corrected chi connectivity index (χ2v) is 10.2. The van der Waals surface area contributed by atoms with E-state index >= 15 is 0 Å². The molecule has 6 rings (SSSR count). The molecule has 1 amide bonds. The molecule has 29 heavy (non-hydrogen) atoms. The fourth-order valence-electron chi connectivity index (χ4n) is 5.14. The summed E-state index contributed by atoms with van der Waals surface area (Å²) in [6, 6.07) is 6.05. The van der Waals surface area contributed by atoms with Crippen LogP contribution in [-0.2, 0) is 17.9 Å². The van der Waals surface area contributed by atoms with Gasteiger partial charge in [-0.05, 0) is 43.7 Å². The largest absolute Gasteiger partial charge is 0.341 e. The Balaban J connectivity index is 1.24. The third-order valence-corrected chi connectivity index (χ3v) is 7.27. The van der Waals surface area contributed by atoms with E-state index in [0.29, 0.717) is 5.91 Å². The van der Waals surface area contributed by atoms with E-state index in [9.17, 15) is 4.79 Å². The summed E-state index contributed by atoms with van der Waals surface area (Å²) < 4.78 is 2.19. The number of anilines is 1. The third kappa shape index (κ3) is 2.63. The minimum Gasteiger partial charge on any atom is -0.341 e. The Morgan fingerprint density at radius 3 is 2.59 bits per heavy atom. The van der Waals surface area contributed by atoms with Gasteiger partial charge in [0.25, 0.3) is 0 Å². The fourth-order valence-corrected chi connectivity index (χ4v) is 5.34. The molecule has 0 atom stereocenters. The molecule has 1 aromatic carbocycles. The van der Waals surface area contributed by atoms with Crippen LogP contribution in [0.5, 0.6) is 0 Å². The summed E-state index contributed by atoms with van der Waals surface area (Å²) >= 11 is 6.26. The first-order valence-corrected chi connectivity index (χ1v) is 10.7.